The zero-order chi connectivity index (χ0) is 20.2. The first-order valence-electron chi connectivity index (χ1n) is 10.2. The molecular weight excluding hydrogens is 384 g/mol. The Balaban J connectivity index is 1.20. The summed E-state index contributed by atoms with van der Waals surface area (Å²) in [6.45, 7) is 3.00. The molecule has 2 aliphatic heterocycles. The first-order chi connectivity index (χ1) is 13.9. The molecule has 2 aromatic heterocycles. The van der Waals surface area contributed by atoms with Crippen LogP contribution in [-0.4, -0.2) is 50.1 Å². The normalized spacial score (nSPS) is 28.9. The summed E-state index contributed by atoms with van der Waals surface area (Å²) in [6.07, 6.45) is 1.69. The van der Waals surface area contributed by atoms with Gasteiger partial charge in [0.25, 0.3) is 0 Å². The van der Waals surface area contributed by atoms with Crippen molar-refractivity contribution in [3.8, 4) is 0 Å². The van der Waals surface area contributed by atoms with E-state index in [9.17, 15) is 13.6 Å². The Bertz CT molecular complexity index is 891. The molecule has 156 valence electrons. The van der Waals surface area contributed by atoms with Crippen molar-refractivity contribution in [3.05, 3.63) is 23.4 Å². The Hall–Kier alpha value is -2.39. The summed E-state index contributed by atoms with van der Waals surface area (Å²) in [5.41, 5.74) is 0. The lowest BCUT2D eigenvalue weighted by Crippen LogP contribution is -2.55. The quantitative estimate of drug-likeness (QED) is 0.768. The molecule has 0 spiro atoms. The molecule has 0 radical (unpaired) electrons. The highest BCUT2D eigenvalue weighted by atomic mass is 19.3. The highest BCUT2D eigenvalue weighted by molar-refractivity contribution is 5.78. The van der Waals surface area contributed by atoms with E-state index in [1.807, 2.05) is 4.90 Å². The minimum absolute atomic E-state index is 0.0175. The molecule has 1 amide bonds. The van der Waals surface area contributed by atoms with Crippen molar-refractivity contribution < 1.29 is 22.6 Å². The first kappa shape index (κ1) is 18.6. The summed E-state index contributed by atoms with van der Waals surface area (Å²) in [5.74, 6) is 0.0844. The maximum absolute atomic E-state index is 13.4. The number of aryl methyl sites for hydroxylation is 1. The summed E-state index contributed by atoms with van der Waals surface area (Å²) < 4.78 is 37.3. The monoisotopic (exact) mass is 407 g/mol. The molecule has 2 atom stereocenters. The molecule has 0 N–H and O–H groups in total. The van der Waals surface area contributed by atoms with Crippen LogP contribution in [0.4, 0.5) is 8.78 Å². The lowest BCUT2D eigenvalue weighted by Gasteiger charge is -2.51. The standard InChI is InChI=1S/C19H23F2N5O3/c1-10-22-14(28-24-10)7-15(27)26-8-12-6-13(9-26)16(12)18-23-17(25-29-18)11-2-4-19(20,21)5-3-11/h11-13,16H,2-9H2,1H3. The van der Waals surface area contributed by atoms with Gasteiger partial charge in [-0.3, -0.25) is 4.79 Å². The van der Waals surface area contributed by atoms with Crippen molar-refractivity contribution in [3.63, 3.8) is 0 Å². The molecule has 2 aromatic rings. The fourth-order valence-corrected chi connectivity index (χ4v) is 4.99. The minimum atomic E-state index is -2.57. The fraction of sp³-hybridized carbons (Fsp3) is 0.737. The third-order valence-electron chi connectivity index (χ3n) is 6.58. The topological polar surface area (TPSA) is 98.2 Å². The van der Waals surface area contributed by atoms with E-state index in [-0.39, 0.29) is 48.8 Å². The number of hydrogen-bond donors (Lipinski definition) is 0. The Kier molecular flexibility index (Phi) is 4.40. The molecule has 8 nitrogen and oxygen atoms in total. The van der Waals surface area contributed by atoms with E-state index >= 15 is 0 Å². The smallest absolute Gasteiger partial charge is 0.248 e. The SMILES string of the molecule is Cc1noc(CC(=O)N2CC3CC(C2)C3c2nc(C3CCC(F)(F)CC3)no2)n1. The van der Waals surface area contributed by atoms with Crippen molar-refractivity contribution in [1.82, 2.24) is 25.2 Å². The lowest BCUT2D eigenvalue weighted by atomic mass is 9.61. The van der Waals surface area contributed by atoms with Gasteiger partial charge in [-0.2, -0.15) is 9.97 Å². The average Bonchev–Trinajstić information content (AvgIpc) is 3.31. The Labute approximate surface area is 166 Å². The maximum atomic E-state index is 13.4. The van der Waals surface area contributed by atoms with Crippen molar-refractivity contribution >= 4 is 5.91 Å². The number of amides is 1. The third kappa shape index (κ3) is 3.53. The van der Waals surface area contributed by atoms with Gasteiger partial charge in [-0.15, -0.1) is 0 Å². The second-order valence-electron chi connectivity index (χ2n) is 8.61. The molecule has 0 aromatic carbocycles. The molecular formula is C19H23F2N5O3. The second-order valence-corrected chi connectivity index (χ2v) is 8.61. The molecule has 4 fully saturated rings. The molecule has 10 heteroatoms. The van der Waals surface area contributed by atoms with Crippen molar-refractivity contribution in [2.75, 3.05) is 13.1 Å². The van der Waals surface area contributed by atoms with E-state index in [1.165, 1.54) is 0 Å². The first-order valence-corrected chi connectivity index (χ1v) is 10.2. The van der Waals surface area contributed by atoms with Gasteiger partial charge in [0.15, 0.2) is 11.6 Å². The van der Waals surface area contributed by atoms with Crippen molar-refractivity contribution in [2.45, 2.75) is 63.2 Å². The molecule has 2 saturated carbocycles. The maximum Gasteiger partial charge on any atom is 0.248 e. The van der Waals surface area contributed by atoms with Gasteiger partial charge in [0.2, 0.25) is 23.6 Å². The number of alkyl halides is 2. The molecule has 2 bridgehead atoms. The molecule has 6 rings (SSSR count). The number of carbonyl (C=O) groups excluding carboxylic acids is 1. The van der Waals surface area contributed by atoms with Gasteiger partial charge in [-0.1, -0.05) is 10.3 Å². The Morgan fingerprint density at radius 3 is 2.52 bits per heavy atom. The summed E-state index contributed by atoms with van der Waals surface area (Å²) in [6, 6.07) is 0. The van der Waals surface area contributed by atoms with Crippen LogP contribution >= 0.6 is 0 Å². The van der Waals surface area contributed by atoms with E-state index in [1.54, 1.807) is 6.92 Å². The molecule has 4 heterocycles. The number of halogens is 2. The summed E-state index contributed by atoms with van der Waals surface area (Å²) in [5, 5.41) is 7.80. The number of nitrogens with zero attached hydrogens (tertiary/aromatic N) is 5. The molecule has 29 heavy (non-hydrogen) atoms. The van der Waals surface area contributed by atoms with Gasteiger partial charge in [-0.05, 0) is 38.0 Å². The zero-order valence-electron chi connectivity index (χ0n) is 16.2. The van der Waals surface area contributed by atoms with Crippen LogP contribution in [-0.2, 0) is 11.2 Å². The summed E-state index contributed by atoms with van der Waals surface area (Å²) >= 11 is 0. The fourth-order valence-electron chi connectivity index (χ4n) is 4.99. The van der Waals surface area contributed by atoms with E-state index in [0.717, 1.165) is 6.42 Å². The number of aromatic nitrogens is 4. The van der Waals surface area contributed by atoms with Crippen LogP contribution < -0.4 is 0 Å². The van der Waals surface area contributed by atoms with Crippen LogP contribution in [0.25, 0.3) is 0 Å². The van der Waals surface area contributed by atoms with E-state index in [0.29, 0.717) is 49.4 Å². The lowest BCUT2D eigenvalue weighted by molar-refractivity contribution is -0.139. The summed E-state index contributed by atoms with van der Waals surface area (Å²) in [4.78, 5) is 23.0. The van der Waals surface area contributed by atoms with Crippen molar-refractivity contribution in [2.24, 2.45) is 11.8 Å². The highest BCUT2D eigenvalue weighted by Gasteiger charge is 2.51. The van der Waals surface area contributed by atoms with Crippen LogP contribution in [0.1, 0.15) is 67.4 Å². The highest BCUT2D eigenvalue weighted by Crippen LogP contribution is 2.51. The van der Waals surface area contributed by atoms with Gasteiger partial charge in [-0.25, -0.2) is 8.78 Å². The zero-order valence-corrected chi connectivity index (χ0v) is 16.2. The largest absolute Gasteiger partial charge is 0.342 e. The van der Waals surface area contributed by atoms with Gasteiger partial charge in [0.05, 0.1) is 0 Å². The van der Waals surface area contributed by atoms with Gasteiger partial charge in [0, 0.05) is 37.8 Å². The predicted molar refractivity (Wildman–Crippen MR) is 94.1 cm³/mol. The molecule has 4 aliphatic rings. The van der Waals surface area contributed by atoms with E-state index in [2.05, 4.69) is 20.3 Å². The third-order valence-corrected chi connectivity index (χ3v) is 6.58. The second kappa shape index (κ2) is 6.84. The Morgan fingerprint density at radius 1 is 1.14 bits per heavy atom. The predicted octanol–water partition coefficient (Wildman–Crippen LogP) is 2.86. The average molecular weight is 407 g/mol. The van der Waals surface area contributed by atoms with Crippen LogP contribution in [0.5, 0.6) is 0 Å². The number of piperidine rings is 2. The number of fused-ring (bicyclic) bond motifs is 2. The molecule has 2 aliphatic carbocycles. The number of rotatable bonds is 4. The van der Waals surface area contributed by atoms with Gasteiger partial charge in [0.1, 0.15) is 6.42 Å². The van der Waals surface area contributed by atoms with Crippen molar-refractivity contribution in [1.29, 1.82) is 0 Å². The van der Waals surface area contributed by atoms with Gasteiger partial charge < -0.3 is 13.9 Å². The molecule has 2 unspecified atom stereocenters. The number of hydrogen-bond acceptors (Lipinski definition) is 7. The Morgan fingerprint density at radius 2 is 1.86 bits per heavy atom. The molecule has 2 saturated heterocycles. The summed E-state index contributed by atoms with van der Waals surface area (Å²) in [7, 11) is 0. The number of carbonyl (C=O) groups is 1. The minimum Gasteiger partial charge on any atom is -0.342 e. The van der Waals surface area contributed by atoms with E-state index in [4.69, 9.17) is 9.05 Å². The van der Waals surface area contributed by atoms with Crippen LogP contribution in [0.15, 0.2) is 9.05 Å². The van der Waals surface area contributed by atoms with E-state index < -0.39 is 5.92 Å². The van der Waals surface area contributed by atoms with Crippen LogP contribution in [0.3, 0.4) is 0 Å². The van der Waals surface area contributed by atoms with Gasteiger partial charge >= 0.3 is 0 Å². The van der Waals surface area contributed by atoms with Crippen LogP contribution in [0.2, 0.25) is 0 Å². The van der Waals surface area contributed by atoms with Crippen LogP contribution in [0, 0.1) is 18.8 Å².